The van der Waals surface area contributed by atoms with Gasteiger partial charge in [-0.25, -0.2) is 0 Å². The molecule has 110 valence electrons. The minimum atomic E-state index is -0.393. The Labute approximate surface area is 124 Å². The summed E-state index contributed by atoms with van der Waals surface area (Å²) in [4.78, 5) is 27.5. The van der Waals surface area contributed by atoms with Crippen molar-refractivity contribution in [3.05, 3.63) is 22.4 Å². The molecule has 0 radical (unpaired) electrons. The number of thiophene rings is 1. The van der Waals surface area contributed by atoms with Gasteiger partial charge in [0.2, 0.25) is 11.8 Å². The highest BCUT2D eigenvalue weighted by molar-refractivity contribution is 7.09. The molecule has 0 aromatic carbocycles. The van der Waals surface area contributed by atoms with E-state index in [0.29, 0.717) is 13.0 Å². The van der Waals surface area contributed by atoms with E-state index in [1.54, 1.807) is 11.3 Å². The molecule has 1 fully saturated rings. The van der Waals surface area contributed by atoms with Gasteiger partial charge in [0.15, 0.2) is 0 Å². The van der Waals surface area contributed by atoms with Gasteiger partial charge in [0.05, 0.1) is 0 Å². The Morgan fingerprint density at radius 1 is 1.40 bits per heavy atom. The summed E-state index contributed by atoms with van der Waals surface area (Å²) >= 11 is 1.71. The average Bonchev–Trinajstić information content (AvgIpc) is 2.82. The molecule has 1 aromatic heterocycles. The van der Waals surface area contributed by atoms with E-state index in [1.165, 1.54) is 4.88 Å². The summed E-state index contributed by atoms with van der Waals surface area (Å²) in [6.45, 7) is 6.51. The Morgan fingerprint density at radius 2 is 2.15 bits per heavy atom. The minimum absolute atomic E-state index is 0.0251. The smallest absolute Gasteiger partial charge is 0.245 e. The van der Waals surface area contributed by atoms with E-state index in [1.807, 2.05) is 30.2 Å². The van der Waals surface area contributed by atoms with Crippen molar-refractivity contribution in [2.45, 2.75) is 45.7 Å². The molecule has 0 saturated carbocycles. The first-order valence-electron chi connectivity index (χ1n) is 7.11. The lowest BCUT2D eigenvalue weighted by atomic mass is 10.0. The predicted molar refractivity (Wildman–Crippen MR) is 80.6 cm³/mol. The van der Waals surface area contributed by atoms with Gasteiger partial charge in [0.1, 0.15) is 6.04 Å². The maximum atomic E-state index is 12.6. The van der Waals surface area contributed by atoms with Crippen molar-refractivity contribution in [1.82, 2.24) is 10.2 Å². The highest BCUT2D eigenvalue weighted by atomic mass is 32.1. The van der Waals surface area contributed by atoms with Crippen LogP contribution in [-0.2, 0) is 16.0 Å². The van der Waals surface area contributed by atoms with E-state index in [9.17, 15) is 9.59 Å². The van der Waals surface area contributed by atoms with Crippen LogP contribution in [0.2, 0.25) is 0 Å². The van der Waals surface area contributed by atoms with Gasteiger partial charge in [0.25, 0.3) is 0 Å². The normalized spacial score (nSPS) is 21.8. The molecule has 1 aliphatic rings. The summed E-state index contributed by atoms with van der Waals surface area (Å²) in [7, 11) is 0. The molecule has 1 aromatic rings. The van der Waals surface area contributed by atoms with Crippen LogP contribution < -0.4 is 5.32 Å². The summed E-state index contributed by atoms with van der Waals surface area (Å²) in [5.41, 5.74) is 0. The molecule has 0 aliphatic carbocycles. The Balaban J connectivity index is 2.12. The molecule has 1 aliphatic heterocycles. The Morgan fingerprint density at radius 3 is 2.75 bits per heavy atom. The van der Waals surface area contributed by atoms with Gasteiger partial charge in [-0.15, -0.1) is 11.3 Å². The number of nitrogens with one attached hydrogen (secondary N) is 1. The highest BCUT2D eigenvalue weighted by Crippen LogP contribution is 2.18. The van der Waals surface area contributed by atoms with E-state index >= 15 is 0 Å². The van der Waals surface area contributed by atoms with Crippen LogP contribution in [-0.4, -0.2) is 35.3 Å². The molecule has 1 N–H and O–H groups in total. The quantitative estimate of drug-likeness (QED) is 0.924. The largest absolute Gasteiger partial charge is 0.344 e. The molecular formula is C15H22N2O2S. The Bertz CT molecular complexity index is 470. The van der Waals surface area contributed by atoms with Crippen molar-refractivity contribution in [3.63, 3.8) is 0 Å². The van der Waals surface area contributed by atoms with Crippen molar-refractivity contribution in [2.24, 2.45) is 5.92 Å². The number of nitrogens with zero attached hydrogens (tertiary/aromatic N) is 1. The second-order valence-corrected chi connectivity index (χ2v) is 6.74. The molecular weight excluding hydrogens is 272 g/mol. The van der Waals surface area contributed by atoms with Crippen molar-refractivity contribution >= 4 is 23.2 Å². The monoisotopic (exact) mass is 294 g/mol. The fraction of sp³-hybridized carbons (Fsp3) is 0.600. The van der Waals surface area contributed by atoms with Gasteiger partial charge in [-0.2, -0.15) is 0 Å². The van der Waals surface area contributed by atoms with E-state index in [2.05, 4.69) is 18.3 Å². The molecule has 4 nitrogen and oxygen atoms in total. The lowest BCUT2D eigenvalue weighted by Gasteiger charge is -2.31. The molecule has 2 atom stereocenters. The number of rotatable bonds is 4. The zero-order valence-electron chi connectivity index (χ0n) is 12.3. The minimum Gasteiger partial charge on any atom is -0.344 e. The molecule has 5 heteroatoms. The second-order valence-electron chi connectivity index (χ2n) is 5.70. The summed E-state index contributed by atoms with van der Waals surface area (Å²) in [6, 6.07) is 3.84. The first-order chi connectivity index (χ1) is 9.49. The summed E-state index contributed by atoms with van der Waals surface area (Å²) < 4.78 is 0. The predicted octanol–water partition coefficient (Wildman–Crippen LogP) is 2.05. The van der Waals surface area contributed by atoms with Crippen molar-refractivity contribution < 1.29 is 9.59 Å². The van der Waals surface area contributed by atoms with Crippen molar-refractivity contribution in [3.8, 4) is 0 Å². The zero-order chi connectivity index (χ0) is 14.7. The number of hydrogen-bond donors (Lipinski definition) is 1. The molecule has 0 bridgehead atoms. The first kappa shape index (κ1) is 15.0. The third-order valence-electron chi connectivity index (χ3n) is 3.72. The molecule has 0 spiro atoms. The zero-order valence-corrected chi connectivity index (χ0v) is 13.1. The number of amides is 2. The fourth-order valence-electron chi connectivity index (χ4n) is 2.54. The van der Waals surface area contributed by atoms with Gasteiger partial charge in [-0.05, 0) is 24.3 Å². The lowest BCUT2D eigenvalue weighted by Crippen LogP contribution is -2.50. The number of hydrogen-bond acceptors (Lipinski definition) is 3. The molecule has 2 rings (SSSR count). The van der Waals surface area contributed by atoms with Gasteiger partial charge in [0, 0.05) is 30.3 Å². The second kappa shape index (κ2) is 6.39. The van der Waals surface area contributed by atoms with Gasteiger partial charge >= 0.3 is 0 Å². The summed E-state index contributed by atoms with van der Waals surface area (Å²) in [6.07, 6.45) is 1.24. The summed E-state index contributed by atoms with van der Waals surface area (Å²) in [5, 5.41) is 4.89. The van der Waals surface area contributed by atoms with Crippen LogP contribution in [0.1, 0.15) is 32.1 Å². The van der Waals surface area contributed by atoms with Crippen LogP contribution in [0.25, 0.3) is 0 Å². The first-order valence-corrected chi connectivity index (χ1v) is 7.99. The van der Waals surface area contributed by atoms with Crippen LogP contribution in [0.15, 0.2) is 17.5 Å². The van der Waals surface area contributed by atoms with Gasteiger partial charge in [-0.1, -0.05) is 19.9 Å². The molecule has 20 heavy (non-hydrogen) atoms. The average molecular weight is 294 g/mol. The molecule has 2 unspecified atom stereocenters. The topological polar surface area (TPSA) is 49.4 Å². The molecule has 1 saturated heterocycles. The van der Waals surface area contributed by atoms with Crippen LogP contribution in [0, 0.1) is 5.92 Å². The van der Waals surface area contributed by atoms with E-state index in [4.69, 9.17) is 0 Å². The maximum absolute atomic E-state index is 12.6. The third kappa shape index (κ3) is 3.39. The molecule has 2 amide bonds. The van der Waals surface area contributed by atoms with Crippen LogP contribution in [0.5, 0.6) is 0 Å². The number of carbonyl (C=O) groups is 2. The Hall–Kier alpha value is -1.36. The molecule has 2 heterocycles. The lowest BCUT2D eigenvalue weighted by molar-refractivity contribution is -0.136. The SMILES string of the molecule is CC(C)C1NC(=O)CCN(C(C)Cc2cccs2)C1=O. The highest BCUT2D eigenvalue weighted by Gasteiger charge is 2.34. The van der Waals surface area contributed by atoms with Crippen molar-refractivity contribution in [1.29, 1.82) is 0 Å². The fourth-order valence-corrected chi connectivity index (χ4v) is 3.36. The van der Waals surface area contributed by atoms with E-state index in [0.717, 1.165) is 6.42 Å². The van der Waals surface area contributed by atoms with Crippen molar-refractivity contribution in [2.75, 3.05) is 6.54 Å². The standard InChI is InChI=1S/C15H22N2O2S/c1-10(2)14-15(19)17(7-6-13(18)16-14)11(3)9-12-5-4-8-20-12/h4-5,8,10-11,14H,6-7,9H2,1-3H3,(H,16,18). The van der Waals surface area contributed by atoms with Gasteiger partial charge < -0.3 is 10.2 Å². The van der Waals surface area contributed by atoms with E-state index in [-0.39, 0.29) is 23.8 Å². The third-order valence-corrected chi connectivity index (χ3v) is 4.62. The van der Waals surface area contributed by atoms with Crippen LogP contribution >= 0.6 is 11.3 Å². The maximum Gasteiger partial charge on any atom is 0.245 e. The Kier molecular flexibility index (Phi) is 4.81. The van der Waals surface area contributed by atoms with Gasteiger partial charge in [-0.3, -0.25) is 9.59 Å². The van der Waals surface area contributed by atoms with Crippen LogP contribution in [0.4, 0.5) is 0 Å². The summed E-state index contributed by atoms with van der Waals surface area (Å²) in [5.74, 6) is 0.138. The van der Waals surface area contributed by atoms with Crippen LogP contribution in [0.3, 0.4) is 0 Å². The number of carbonyl (C=O) groups excluding carboxylic acids is 2. The van der Waals surface area contributed by atoms with E-state index < -0.39 is 6.04 Å².